The summed E-state index contributed by atoms with van der Waals surface area (Å²) in [5.41, 5.74) is 3.64. The van der Waals surface area contributed by atoms with Gasteiger partial charge in [0.15, 0.2) is 0 Å². The second kappa shape index (κ2) is 7.74. The number of phenols is 1. The number of para-hydroxylation sites is 1. The molecule has 0 radical (unpaired) electrons. The molecule has 0 spiro atoms. The van der Waals surface area contributed by atoms with Crippen LogP contribution in [0.2, 0.25) is 5.02 Å². The van der Waals surface area contributed by atoms with E-state index in [2.05, 4.69) is 51.8 Å². The zero-order valence-corrected chi connectivity index (χ0v) is 16.0. The third-order valence-corrected chi connectivity index (χ3v) is 4.62. The van der Waals surface area contributed by atoms with Crippen LogP contribution in [0.1, 0.15) is 11.1 Å². The molecule has 3 aromatic carbocycles. The average Bonchev–Trinajstić information content (AvgIpc) is 2.70. The fraction of sp³-hybridized carbons (Fsp3) is 0.0909. The maximum absolute atomic E-state index is 10.1. The summed E-state index contributed by atoms with van der Waals surface area (Å²) >= 11 is 6.03. The summed E-state index contributed by atoms with van der Waals surface area (Å²) in [6.45, 7) is 2.71. The molecule has 0 atom stereocenters. The van der Waals surface area contributed by atoms with Gasteiger partial charge in [-0.05, 0) is 42.8 Å². The van der Waals surface area contributed by atoms with Gasteiger partial charge in [0, 0.05) is 17.0 Å². The van der Waals surface area contributed by atoms with Gasteiger partial charge in [0.1, 0.15) is 11.6 Å². The lowest BCUT2D eigenvalue weighted by Gasteiger charge is -2.13. The van der Waals surface area contributed by atoms with Crippen molar-refractivity contribution in [2.75, 3.05) is 10.6 Å². The number of benzene rings is 3. The fourth-order valence-corrected chi connectivity index (χ4v) is 3.06. The van der Waals surface area contributed by atoms with E-state index in [1.807, 2.05) is 24.3 Å². The summed E-state index contributed by atoms with van der Waals surface area (Å²) in [6, 6.07) is 20.9. The van der Waals surface area contributed by atoms with E-state index in [1.165, 1.54) is 11.6 Å². The van der Waals surface area contributed by atoms with Gasteiger partial charge in [0.25, 0.3) is 0 Å². The molecule has 4 rings (SSSR count). The van der Waals surface area contributed by atoms with Gasteiger partial charge >= 0.3 is 0 Å². The molecule has 0 saturated carbocycles. The minimum atomic E-state index is 0.0790. The molecule has 28 heavy (non-hydrogen) atoms. The molecule has 1 heterocycles. The van der Waals surface area contributed by atoms with Crippen LogP contribution in [0.25, 0.3) is 10.9 Å². The van der Waals surface area contributed by atoms with Crippen molar-refractivity contribution in [1.29, 1.82) is 0 Å². The number of hydrogen-bond donors (Lipinski definition) is 3. The van der Waals surface area contributed by atoms with E-state index in [1.54, 1.807) is 12.1 Å². The molecule has 0 aliphatic heterocycles. The van der Waals surface area contributed by atoms with E-state index in [4.69, 9.17) is 11.6 Å². The van der Waals surface area contributed by atoms with Gasteiger partial charge in [-0.3, -0.25) is 0 Å². The molecule has 0 saturated heterocycles. The first kappa shape index (κ1) is 18.1. The number of fused-ring (bicyclic) bond motifs is 1. The van der Waals surface area contributed by atoms with Crippen molar-refractivity contribution >= 4 is 40.0 Å². The lowest BCUT2D eigenvalue weighted by molar-refractivity contribution is 0.477. The van der Waals surface area contributed by atoms with Gasteiger partial charge in [-0.1, -0.05) is 53.6 Å². The zero-order chi connectivity index (χ0) is 19.5. The van der Waals surface area contributed by atoms with Gasteiger partial charge in [0.2, 0.25) is 5.95 Å². The summed E-state index contributed by atoms with van der Waals surface area (Å²) in [5, 5.41) is 18.0. The second-order valence-electron chi connectivity index (χ2n) is 6.54. The molecule has 0 aliphatic carbocycles. The predicted molar refractivity (Wildman–Crippen MR) is 114 cm³/mol. The Morgan fingerprint density at radius 2 is 1.75 bits per heavy atom. The summed E-state index contributed by atoms with van der Waals surface area (Å²) in [5.74, 6) is 1.17. The Kier molecular flexibility index (Phi) is 5.00. The Balaban J connectivity index is 1.66. The summed E-state index contributed by atoms with van der Waals surface area (Å²) < 4.78 is 0. The van der Waals surface area contributed by atoms with E-state index >= 15 is 0 Å². The highest BCUT2D eigenvalue weighted by atomic mass is 35.5. The van der Waals surface area contributed by atoms with Crippen LogP contribution in [0.3, 0.4) is 0 Å². The highest BCUT2D eigenvalue weighted by Gasteiger charge is 2.10. The molecule has 5 nitrogen and oxygen atoms in total. The van der Waals surface area contributed by atoms with Crippen molar-refractivity contribution < 1.29 is 5.11 Å². The molecular weight excluding hydrogens is 372 g/mol. The van der Waals surface area contributed by atoms with Crippen LogP contribution in [-0.2, 0) is 6.54 Å². The summed E-state index contributed by atoms with van der Waals surface area (Å²) in [7, 11) is 0. The first-order valence-electron chi connectivity index (χ1n) is 8.90. The van der Waals surface area contributed by atoms with Gasteiger partial charge in [-0.2, -0.15) is 4.98 Å². The molecule has 0 bridgehead atoms. The molecule has 6 heteroatoms. The van der Waals surface area contributed by atoms with Crippen molar-refractivity contribution in [2.45, 2.75) is 13.5 Å². The Morgan fingerprint density at radius 3 is 2.57 bits per heavy atom. The highest BCUT2D eigenvalue weighted by molar-refractivity contribution is 6.31. The first-order valence-corrected chi connectivity index (χ1v) is 9.28. The third kappa shape index (κ3) is 4.00. The van der Waals surface area contributed by atoms with Crippen LogP contribution >= 0.6 is 11.6 Å². The van der Waals surface area contributed by atoms with Crippen LogP contribution < -0.4 is 10.6 Å². The van der Waals surface area contributed by atoms with Gasteiger partial charge in [-0.15, -0.1) is 0 Å². The van der Waals surface area contributed by atoms with Crippen LogP contribution in [0, 0.1) is 6.92 Å². The zero-order valence-electron chi connectivity index (χ0n) is 15.3. The SMILES string of the molecule is Cc1ccc(CNc2nc(Nc3cc(Cl)ccc3O)nc3ccccc23)cc1. The Labute approximate surface area is 168 Å². The number of aryl methyl sites for hydroxylation is 1. The van der Waals surface area contributed by atoms with Crippen molar-refractivity contribution in [3.05, 3.63) is 82.9 Å². The topological polar surface area (TPSA) is 70.1 Å². The minimum absolute atomic E-state index is 0.0790. The fourth-order valence-electron chi connectivity index (χ4n) is 2.89. The quantitative estimate of drug-likeness (QED) is 0.384. The minimum Gasteiger partial charge on any atom is -0.506 e. The largest absolute Gasteiger partial charge is 0.506 e. The number of hydrogen-bond acceptors (Lipinski definition) is 5. The molecule has 1 aromatic heterocycles. The second-order valence-corrected chi connectivity index (χ2v) is 6.98. The monoisotopic (exact) mass is 390 g/mol. The van der Waals surface area contributed by atoms with E-state index in [0.717, 1.165) is 22.3 Å². The third-order valence-electron chi connectivity index (χ3n) is 4.39. The standard InChI is InChI=1S/C22H19ClN4O/c1-14-6-8-15(9-7-14)13-24-21-17-4-2-3-5-18(17)25-22(27-21)26-19-12-16(23)10-11-20(19)28/h2-12,28H,13H2,1H3,(H2,24,25,26,27). The van der Waals surface area contributed by atoms with E-state index < -0.39 is 0 Å². The maximum Gasteiger partial charge on any atom is 0.229 e. The van der Waals surface area contributed by atoms with Crippen molar-refractivity contribution in [3.63, 3.8) is 0 Å². The number of aromatic hydroxyl groups is 1. The van der Waals surface area contributed by atoms with Crippen LogP contribution in [0.4, 0.5) is 17.5 Å². The normalized spacial score (nSPS) is 10.8. The number of halogens is 1. The van der Waals surface area contributed by atoms with Gasteiger partial charge < -0.3 is 15.7 Å². The van der Waals surface area contributed by atoms with Gasteiger partial charge in [0.05, 0.1) is 11.2 Å². The van der Waals surface area contributed by atoms with Crippen molar-refractivity contribution in [1.82, 2.24) is 9.97 Å². The molecule has 0 aliphatic rings. The lowest BCUT2D eigenvalue weighted by Crippen LogP contribution is -2.06. The predicted octanol–water partition coefficient (Wildman–Crippen LogP) is 5.65. The smallest absolute Gasteiger partial charge is 0.229 e. The van der Waals surface area contributed by atoms with Gasteiger partial charge in [-0.25, -0.2) is 4.98 Å². The summed E-state index contributed by atoms with van der Waals surface area (Å²) in [4.78, 5) is 9.16. The van der Waals surface area contributed by atoms with E-state index in [-0.39, 0.29) is 5.75 Å². The molecule has 4 aromatic rings. The molecular formula is C22H19ClN4O. The first-order chi connectivity index (χ1) is 13.6. The molecule has 0 amide bonds. The van der Waals surface area contributed by atoms with E-state index in [0.29, 0.717) is 23.2 Å². The van der Waals surface area contributed by atoms with Crippen LogP contribution in [0.15, 0.2) is 66.7 Å². The number of aromatic nitrogens is 2. The Morgan fingerprint density at radius 1 is 0.964 bits per heavy atom. The number of anilines is 3. The average molecular weight is 391 g/mol. The molecule has 0 unspecified atom stereocenters. The van der Waals surface area contributed by atoms with Crippen molar-refractivity contribution in [3.8, 4) is 5.75 Å². The number of phenolic OH excluding ortho intramolecular Hbond substituents is 1. The van der Waals surface area contributed by atoms with E-state index in [9.17, 15) is 5.11 Å². The summed E-state index contributed by atoms with van der Waals surface area (Å²) in [6.07, 6.45) is 0. The Hall–Kier alpha value is -3.31. The highest BCUT2D eigenvalue weighted by Crippen LogP contribution is 2.30. The number of nitrogens with zero attached hydrogens (tertiary/aromatic N) is 2. The van der Waals surface area contributed by atoms with Crippen LogP contribution in [-0.4, -0.2) is 15.1 Å². The maximum atomic E-state index is 10.1. The lowest BCUT2D eigenvalue weighted by atomic mass is 10.1. The van der Waals surface area contributed by atoms with Crippen molar-refractivity contribution in [2.24, 2.45) is 0 Å². The molecule has 140 valence electrons. The molecule has 3 N–H and O–H groups in total. The number of nitrogens with one attached hydrogen (secondary N) is 2. The molecule has 0 fully saturated rings. The Bertz CT molecular complexity index is 1130. The number of rotatable bonds is 5. The van der Waals surface area contributed by atoms with Crippen LogP contribution in [0.5, 0.6) is 5.75 Å².